The zero-order chi connectivity index (χ0) is 19.5. The van der Waals surface area contributed by atoms with Crippen LogP contribution in [-0.2, 0) is 6.54 Å². The molecular weight excluding hydrogens is 383 g/mol. The van der Waals surface area contributed by atoms with E-state index >= 15 is 0 Å². The molecule has 2 amide bonds. The monoisotopic (exact) mass is 398 g/mol. The lowest BCUT2D eigenvalue weighted by Crippen LogP contribution is -2.28. The second kappa shape index (κ2) is 7.61. The first kappa shape index (κ1) is 17.9. The molecule has 0 saturated heterocycles. The zero-order valence-electron chi connectivity index (χ0n) is 14.7. The van der Waals surface area contributed by atoms with Crippen molar-refractivity contribution in [3.05, 3.63) is 65.3 Å². The fourth-order valence-electron chi connectivity index (χ4n) is 2.55. The number of carbonyl (C=O) groups is 1. The van der Waals surface area contributed by atoms with Gasteiger partial charge in [0, 0.05) is 0 Å². The number of carbonyl (C=O) groups excluding carboxylic acids is 1. The quantitative estimate of drug-likeness (QED) is 0.534. The number of halogens is 1. The Balaban J connectivity index is 1.39. The Hall–Kier alpha value is -3.53. The molecule has 8 nitrogen and oxygen atoms in total. The molecule has 1 aromatic carbocycles. The number of anilines is 1. The van der Waals surface area contributed by atoms with Crippen LogP contribution in [0.2, 0.25) is 0 Å². The van der Waals surface area contributed by atoms with Crippen LogP contribution in [0.5, 0.6) is 0 Å². The molecule has 0 aliphatic carbocycles. The van der Waals surface area contributed by atoms with Gasteiger partial charge in [0.15, 0.2) is 5.82 Å². The van der Waals surface area contributed by atoms with Gasteiger partial charge in [0.1, 0.15) is 11.5 Å². The minimum atomic E-state index is -0.460. The van der Waals surface area contributed by atoms with E-state index in [1.165, 1.54) is 28.3 Å². The van der Waals surface area contributed by atoms with E-state index in [1.54, 1.807) is 25.1 Å². The molecule has 0 fully saturated rings. The summed E-state index contributed by atoms with van der Waals surface area (Å²) in [5.74, 6) is 0.370. The number of benzene rings is 1. The lowest BCUT2D eigenvalue weighted by atomic mass is 10.3. The molecular formula is C18H15FN6O2S. The predicted octanol–water partition coefficient (Wildman–Crippen LogP) is 3.75. The normalized spacial score (nSPS) is 10.8. The van der Waals surface area contributed by atoms with Gasteiger partial charge >= 0.3 is 6.03 Å². The van der Waals surface area contributed by atoms with Crippen molar-refractivity contribution >= 4 is 23.1 Å². The van der Waals surface area contributed by atoms with Crippen LogP contribution in [0.4, 0.5) is 14.9 Å². The molecule has 0 saturated carbocycles. The molecule has 0 atom stereocenters. The lowest BCUT2D eigenvalue weighted by Gasteiger charge is -2.08. The summed E-state index contributed by atoms with van der Waals surface area (Å²) in [6.07, 6.45) is 1.46. The molecule has 0 aliphatic heterocycles. The van der Waals surface area contributed by atoms with Gasteiger partial charge in [-0.25, -0.2) is 13.9 Å². The van der Waals surface area contributed by atoms with E-state index in [4.69, 9.17) is 4.52 Å². The number of aromatic nitrogens is 4. The van der Waals surface area contributed by atoms with Crippen molar-refractivity contribution in [2.24, 2.45) is 0 Å². The number of rotatable bonds is 5. The van der Waals surface area contributed by atoms with Crippen LogP contribution in [0, 0.1) is 12.7 Å². The highest BCUT2D eigenvalue weighted by molar-refractivity contribution is 7.13. The smallest absolute Gasteiger partial charge is 0.319 e. The number of hydrogen-bond acceptors (Lipinski definition) is 6. The van der Waals surface area contributed by atoms with Crippen LogP contribution >= 0.6 is 11.3 Å². The molecule has 3 heterocycles. The Morgan fingerprint density at radius 2 is 2.14 bits per heavy atom. The maximum atomic E-state index is 14.0. The highest BCUT2D eigenvalue weighted by atomic mass is 32.1. The van der Waals surface area contributed by atoms with Gasteiger partial charge in [0.2, 0.25) is 0 Å². The van der Waals surface area contributed by atoms with Gasteiger partial charge in [-0.3, -0.25) is 0 Å². The lowest BCUT2D eigenvalue weighted by molar-refractivity contribution is 0.251. The van der Waals surface area contributed by atoms with Gasteiger partial charge in [0.25, 0.3) is 5.89 Å². The maximum Gasteiger partial charge on any atom is 0.319 e. The van der Waals surface area contributed by atoms with Crippen molar-refractivity contribution in [2.75, 3.05) is 5.32 Å². The summed E-state index contributed by atoms with van der Waals surface area (Å²) in [6.45, 7) is 1.84. The van der Waals surface area contributed by atoms with Crippen LogP contribution in [0.3, 0.4) is 0 Å². The summed E-state index contributed by atoms with van der Waals surface area (Å²) in [5.41, 5.74) is 1.37. The molecule has 4 aromatic rings. The van der Waals surface area contributed by atoms with Crippen LogP contribution in [-0.4, -0.2) is 26.0 Å². The van der Waals surface area contributed by atoms with E-state index in [2.05, 4.69) is 25.9 Å². The van der Waals surface area contributed by atoms with Crippen molar-refractivity contribution < 1.29 is 13.7 Å². The van der Waals surface area contributed by atoms with Gasteiger partial charge in [-0.15, -0.1) is 11.3 Å². The first-order valence-electron chi connectivity index (χ1n) is 8.32. The molecule has 3 aromatic heterocycles. The largest absolute Gasteiger partial charge is 0.333 e. The Labute approximate surface area is 163 Å². The Morgan fingerprint density at radius 3 is 2.93 bits per heavy atom. The number of hydrogen-bond donors (Lipinski definition) is 2. The molecule has 0 radical (unpaired) electrons. The number of para-hydroxylation sites is 1. The second-order valence-electron chi connectivity index (χ2n) is 5.81. The third-order valence-corrected chi connectivity index (χ3v) is 4.80. The topological polar surface area (TPSA) is 97.9 Å². The van der Waals surface area contributed by atoms with Crippen molar-refractivity contribution in [2.45, 2.75) is 13.5 Å². The van der Waals surface area contributed by atoms with Crippen molar-refractivity contribution in [3.63, 3.8) is 0 Å². The highest BCUT2D eigenvalue weighted by Gasteiger charge is 2.14. The predicted molar refractivity (Wildman–Crippen MR) is 102 cm³/mol. The Morgan fingerprint density at radius 1 is 1.29 bits per heavy atom. The summed E-state index contributed by atoms with van der Waals surface area (Å²) in [4.78, 5) is 17.3. The van der Waals surface area contributed by atoms with E-state index in [-0.39, 0.29) is 6.54 Å². The number of urea groups is 1. The van der Waals surface area contributed by atoms with Crippen molar-refractivity contribution in [3.8, 4) is 16.5 Å². The molecule has 0 spiro atoms. The van der Waals surface area contributed by atoms with E-state index in [0.29, 0.717) is 28.8 Å². The van der Waals surface area contributed by atoms with Gasteiger partial charge < -0.3 is 15.2 Å². The first-order chi connectivity index (χ1) is 13.6. The van der Waals surface area contributed by atoms with E-state index in [9.17, 15) is 9.18 Å². The van der Waals surface area contributed by atoms with Gasteiger partial charge in [-0.2, -0.15) is 10.1 Å². The molecule has 4 rings (SSSR count). The minimum Gasteiger partial charge on any atom is -0.333 e. The minimum absolute atomic E-state index is 0.0984. The summed E-state index contributed by atoms with van der Waals surface area (Å²) in [5, 5.41) is 15.2. The fourth-order valence-corrected chi connectivity index (χ4v) is 3.20. The number of nitrogens with one attached hydrogen (secondary N) is 2. The van der Waals surface area contributed by atoms with Crippen LogP contribution in [0.25, 0.3) is 16.5 Å². The van der Waals surface area contributed by atoms with Crippen LogP contribution in [0.1, 0.15) is 11.5 Å². The standard InChI is InChI=1S/C18H15FN6O2S/c1-11-13(9-21-25(11)14-6-3-2-5-12(14)19)22-18(26)20-10-16-23-17(27-24-16)15-7-4-8-28-15/h2-9H,10H2,1H3,(H2,20,22,26). The van der Waals surface area contributed by atoms with Gasteiger partial charge in [-0.05, 0) is 30.5 Å². The molecule has 0 bridgehead atoms. The summed E-state index contributed by atoms with van der Waals surface area (Å²) < 4.78 is 20.6. The molecule has 10 heteroatoms. The zero-order valence-corrected chi connectivity index (χ0v) is 15.5. The summed E-state index contributed by atoms with van der Waals surface area (Å²) >= 11 is 1.49. The molecule has 2 N–H and O–H groups in total. The Kier molecular flexibility index (Phi) is 4.85. The summed E-state index contributed by atoms with van der Waals surface area (Å²) in [7, 11) is 0. The average Bonchev–Trinajstić information content (AvgIpc) is 3.43. The first-order valence-corrected chi connectivity index (χ1v) is 9.20. The third kappa shape index (κ3) is 3.62. The van der Waals surface area contributed by atoms with Gasteiger partial charge in [-0.1, -0.05) is 23.4 Å². The van der Waals surface area contributed by atoms with Crippen molar-refractivity contribution in [1.82, 2.24) is 25.2 Å². The van der Waals surface area contributed by atoms with E-state index in [0.717, 1.165) is 4.88 Å². The third-order valence-electron chi connectivity index (χ3n) is 3.95. The average molecular weight is 398 g/mol. The second-order valence-corrected chi connectivity index (χ2v) is 6.76. The van der Waals surface area contributed by atoms with Gasteiger partial charge in [0.05, 0.1) is 29.0 Å². The molecule has 28 heavy (non-hydrogen) atoms. The summed E-state index contributed by atoms with van der Waals surface area (Å²) in [6, 6.07) is 9.59. The molecule has 0 unspecified atom stereocenters. The Bertz CT molecular complexity index is 1110. The van der Waals surface area contributed by atoms with E-state index < -0.39 is 11.8 Å². The SMILES string of the molecule is Cc1c(NC(=O)NCc2noc(-c3cccs3)n2)cnn1-c1ccccc1F. The fraction of sp³-hybridized carbons (Fsp3) is 0.111. The maximum absolute atomic E-state index is 14.0. The van der Waals surface area contributed by atoms with Crippen LogP contribution < -0.4 is 10.6 Å². The highest BCUT2D eigenvalue weighted by Crippen LogP contribution is 2.22. The van der Waals surface area contributed by atoms with E-state index in [1.807, 2.05) is 17.5 Å². The molecule has 142 valence electrons. The number of thiophene rings is 1. The van der Waals surface area contributed by atoms with Crippen LogP contribution in [0.15, 0.2) is 52.5 Å². The molecule has 0 aliphatic rings. The number of amides is 2. The van der Waals surface area contributed by atoms with Crippen molar-refractivity contribution in [1.29, 1.82) is 0 Å². The number of nitrogens with zero attached hydrogens (tertiary/aromatic N) is 4.